The number of nitrogens with one attached hydrogen (secondary N) is 1. The molecule has 2 rings (SSSR count). The molecule has 1 aliphatic rings. The second-order valence-corrected chi connectivity index (χ2v) is 5.34. The first-order valence-corrected chi connectivity index (χ1v) is 7.97. The topological polar surface area (TPSA) is 66.1 Å². The van der Waals surface area contributed by atoms with Crippen LogP contribution in [0, 0.1) is 0 Å². The minimum Gasteiger partial charge on any atom is -0.385 e. The third kappa shape index (κ3) is 5.31. The molecule has 1 aromatic heterocycles. The predicted octanol–water partition coefficient (Wildman–Crippen LogP) is 0.794. The van der Waals surface area contributed by atoms with Gasteiger partial charge < -0.3 is 19.5 Å². The minimum atomic E-state index is 0.758. The van der Waals surface area contributed by atoms with E-state index in [2.05, 4.69) is 32.2 Å². The molecule has 1 saturated heterocycles. The molecule has 0 aromatic carbocycles. The average Bonchev–Trinajstić information content (AvgIpc) is 3.04. The number of piperazine rings is 1. The van der Waals surface area contributed by atoms with E-state index in [-0.39, 0.29) is 0 Å². The van der Waals surface area contributed by atoms with E-state index in [4.69, 9.17) is 9.26 Å². The van der Waals surface area contributed by atoms with E-state index in [0.29, 0.717) is 0 Å². The van der Waals surface area contributed by atoms with Crippen molar-refractivity contribution in [2.45, 2.75) is 19.9 Å². The SMILES string of the molecule is CCNC(=NCCCOC)N1CCN(Cc2ccon2)CC1. The Kier molecular flexibility index (Phi) is 7.18. The van der Waals surface area contributed by atoms with E-state index >= 15 is 0 Å². The number of hydrogen-bond acceptors (Lipinski definition) is 5. The summed E-state index contributed by atoms with van der Waals surface area (Å²) in [6.07, 6.45) is 2.58. The number of nitrogens with zero attached hydrogens (tertiary/aromatic N) is 4. The molecule has 0 radical (unpaired) electrons. The summed E-state index contributed by atoms with van der Waals surface area (Å²) >= 11 is 0. The van der Waals surface area contributed by atoms with Gasteiger partial charge in [0.15, 0.2) is 5.96 Å². The summed E-state index contributed by atoms with van der Waals surface area (Å²) in [6.45, 7) is 9.38. The van der Waals surface area contributed by atoms with Crippen molar-refractivity contribution in [3.8, 4) is 0 Å². The van der Waals surface area contributed by atoms with Crippen LogP contribution in [0.4, 0.5) is 0 Å². The molecule has 1 N–H and O–H groups in total. The lowest BCUT2D eigenvalue weighted by Crippen LogP contribution is -2.52. The Hall–Kier alpha value is -1.60. The molecular formula is C15H27N5O2. The Labute approximate surface area is 132 Å². The van der Waals surface area contributed by atoms with Gasteiger partial charge in [-0.3, -0.25) is 9.89 Å². The Morgan fingerprint density at radius 1 is 1.41 bits per heavy atom. The first-order valence-electron chi connectivity index (χ1n) is 7.97. The van der Waals surface area contributed by atoms with Crippen molar-refractivity contribution in [1.82, 2.24) is 20.3 Å². The third-order valence-electron chi connectivity index (χ3n) is 3.65. The van der Waals surface area contributed by atoms with Gasteiger partial charge in [0.25, 0.3) is 0 Å². The molecule has 0 amide bonds. The molecule has 22 heavy (non-hydrogen) atoms. The van der Waals surface area contributed by atoms with Gasteiger partial charge in [0.2, 0.25) is 0 Å². The maximum absolute atomic E-state index is 5.07. The fourth-order valence-electron chi connectivity index (χ4n) is 2.49. The molecule has 7 heteroatoms. The highest BCUT2D eigenvalue weighted by atomic mass is 16.5. The Balaban J connectivity index is 1.79. The van der Waals surface area contributed by atoms with Crippen molar-refractivity contribution in [2.75, 3.05) is 53.0 Å². The molecule has 1 aliphatic heterocycles. The quantitative estimate of drug-likeness (QED) is 0.456. The van der Waals surface area contributed by atoms with Crippen molar-refractivity contribution in [3.05, 3.63) is 18.0 Å². The van der Waals surface area contributed by atoms with Crippen LogP contribution < -0.4 is 5.32 Å². The Morgan fingerprint density at radius 2 is 2.23 bits per heavy atom. The Bertz CT molecular complexity index is 427. The second kappa shape index (κ2) is 9.42. The van der Waals surface area contributed by atoms with Crippen LogP contribution in [0.5, 0.6) is 0 Å². The minimum absolute atomic E-state index is 0.758. The molecule has 0 unspecified atom stereocenters. The largest absolute Gasteiger partial charge is 0.385 e. The van der Waals surface area contributed by atoms with Crippen LogP contribution in [0.2, 0.25) is 0 Å². The van der Waals surface area contributed by atoms with Gasteiger partial charge in [-0.1, -0.05) is 5.16 Å². The zero-order chi connectivity index (χ0) is 15.6. The van der Waals surface area contributed by atoms with E-state index in [0.717, 1.165) is 70.5 Å². The van der Waals surface area contributed by atoms with Crippen LogP contribution in [-0.2, 0) is 11.3 Å². The number of aliphatic imine (C=N–C) groups is 1. The highest BCUT2D eigenvalue weighted by molar-refractivity contribution is 5.80. The number of hydrogen-bond donors (Lipinski definition) is 1. The summed E-state index contributed by atoms with van der Waals surface area (Å²) in [6, 6.07) is 1.92. The van der Waals surface area contributed by atoms with Crippen molar-refractivity contribution in [2.24, 2.45) is 4.99 Å². The lowest BCUT2D eigenvalue weighted by molar-refractivity contribution is 0.168. The number of methoxy groups -OCH3 is 1. The average molecular weight is 309 g/mol. The zero-order valence-corrected chi connectivity index (χ0v) is 13.6. The van der Waals surface area contributed by atoms with Gasteiger partial charge >= 0.3 is 0 Å². The van der Waals surface area contributed by atoms with Crippen molar-refractivity contribution >= 4 is 5.96 Å². The molecule has 0 aliphatic carbocycles. The first kappa shape index (κ1) is 16.8. The molecule has 7 nitrogen and oxygen atoms in total. The van der Waals surface area contributed by atoms with E-state index < -0.39 is 0 Å². The number of guanidine groups is 1. The summed E-state index contributed by atoms with van der Waals surface area (Å²) in [5, 5.41) is 7.35. The number of aromatic nitrogens is 1. The summed E-state index contributed by atoms with van der Waals surface area (Å²) in [4.78, 5) is 9.40. The Morgan fingerprint density at radius 3 is 2.86 bits per heavy atom. The van der Waals surface area contributed by atoms with Crippen LogP contribution in [0.1, 0.15) is 19.0 Å². The monoisotopic (exact) mass is 309 g/mol. The van der Waals surface area contributed by atoms with E-state index in [9.17, 15) is 0 Å². The predicted molar refractivity (Wildman–Crippen MR) is 85.8 cm³/mol. The smallest absolute Gasteiger partial charge is 0.194 e. The molecule has 1 fully saturated rings. The van der Waals surface area contributed by atoms with Gasteiger partial charge in [0.05, 0.1) is 5.69 Å². The highest BCUT2D eigenvalue weighted by Gasteiger charge is 2.20. The summed E-state index contributed by atoms with van der Waals surface area (Å²) < 4.78 is 9.95. The van der Waals surface area contributed by atoms with Gasteiger partial charge in [0, 0.05) is 65.6 Å². The van der Waals surface area contributed by atoms with Gasteiger partial charge in [-0.05, 0) is 13.3 Å². The van der Waals surface area contributed by atoms with Crippen LogP contribution >= 0.6 is 0 Å². The van der Waals surface area contributed by atoms with E-state index in [1.807, 2.05) is 6.07 Å². The first-order chi connectivity index (χ1) is 10.8. The molecule has 0 spiro atoms. The van der Waals surface area contributed by atoms with E-state index in [1.165, 1.54) is 0 Å². The number of ether oxygens (including phenoxy) is 1. The molecule has 0 bridgehead atoms. The summed E-state index contributed by atoms with van der Waals surface area (Å²) in [5.41, 5.74) is 0.994. The fourth-order valence-corrected chi connectivity index (χ4v) is 2.49. The molecule has 2 heterocycles. The van der Waals surface area contributed by atoms with Gasteiger partial charge in [-0.15, -0.1) is 0 Å². The van der Waals surface area contributed by atoms with Crippen LogP contribution in [0.15, 0.2) is 21.8 Å². The van der Waals surface area contributed by atoms with E-state index in [1.54, 1.807) is 13.4 Å². The van der Waals surface area contributed by atoms with Crippen LogP contribution in [0.3, 0.4) is 0 Å². The number of rotatable bonds is 7. The summed E-state index contributed by atoms with van der Waals surface area (Å²) in [5.74, 6) is 1.01. The maximum atomic E-state index is 5.07. The molecule has 0 saturated carbocycles. The van der Waals surface area contributed by atoms with Gasteiger partial charge in [0.1, 0.15) is 6.26 Å². The fraction of sp³-hybridized carbons (Fsp3) is 0.733. The lowest BCUT2D eigenvalue weighted by Gasteiger charge is -2.36. The van der Waals surface area contributed by atoms with Crippen molar-refractivity contribution in [3.63, 3.8) is 0 Å². The van der Waals surface area contributed by atoms with Crippen molar-refractivity contribution in [1.29, 1.82) is 0 Å². The molecule has 0 atom stereocenters. The summed E-state index contributed by atoms with van der Waals surface area (Å²) in [7, 11) is 1.73. The van der Waals surface area contributed by atoms with Gasteiger partial charge in [-0.25, -0.2) is 0 Å². The van der Waals surface area contributed by atoms with Crippen LogP contribution in [0.25, 0.3) is 0 Å². The molecule has 124 valence electrons. The standard InChI is InChI=1S/C15H27N5O2/c1-3-16-15(17-6-4-11-21-2)20-9-7-19(8-10-20)13-14-5-12-22-18-14/h5,12H,3-4,6-11,13H2,1-2H3,(H,16,17). The van der Waals surface area contributed by atoms with Gasteiger partial charge in [-0.2, -0.15) is 0 Å². The lowest BCUT2D eigenvalue weighted by atomic mass is 10.3. The second-order valence-electron chi connectivity index (χ2n) is 5.34. The highest BCUT2D eigenvalue weighted by Crippen LogP contribution is 2.07. The van der Waals surface area contributed by atoms with Crippen molar-refractivity contribution < 1.29 is 9.26 Å². The third-order valence-corrected chi connectivity index (χ3v) is 3.65. The molecule has 1 aromatic rings. The maximum Gasteiger partial charge on any atom is 0.194 e. The normalized spacial score (nSPS) is 17.0. The zero-order valence-electron chi connectivity index (χ0n) is 13.6. The molecular weight excluding hydrogens is 282 g/mol. The van der Waals surface area contributed by atoms with Crippen LogP contribution in [-0.4, -0.2) is 73.9 Å².